The standard InChI is InChI=1S/C18H17NO3S2/c1-12-3-6-15(22-12)11-16-17(20)19(18(23)24-16)10-9-13-4-7-14(21-2)8-5-13/h3-8,11H,9-10H2,1-2H3. The Morgan fingerprint density at radius 3 is 2.62 bits per heavy atom. The van der Waals surface area contributed by atoms with Gasteiger partial charge in [-0.3, -0.25) is 9.69 Å². The number of hydrogen-bond acceptors (Lipinski definition) is 5. The molecule has 1 amide bonds. The molecule has 3 rings (SSSR count). The molecule has 6 heteroatoms. The lowest BCUT2D eigenvalue weighted by Crippen LogP contribution is -2.30. The highest BCUT2D eigenvalue weighted by Crippen LogP contribution is 2.32. The van der Waals surface area contributed by atoms with E-state index in [1.807, 2.05) is 43.3 Å². The number of rotatable bonds is 5. The van der Waals surface area contributed by atoms with Crippen molar-refractivity contribution in [3.05, 3.63) is 58.4 Å². The third kappa shape index (κ3) is 3.71. The number of carbonyl (C=O) groups is 1. The minimum atomic E-state index is -0.0624. The number of aryl methyl sites for hydroxylation is 1. The molecule has 4 nitrogen and oxygen atoms in total. The summed E-state index contributed by atoms with van der Waals surface area (Å²) in [6.45, 7) is 2.43. The molecule has 0 bridgehead atoms. The van der Waals surface area contributed by atoms with Gasteiger partial charge >= 0.3 is 0 Å². The van der Waals surface area contributed by atoms with Crippen LogP contribution in [0.25, 0.3) is 6.08 Å². The zero-order valence-corrected chi connectivity index (χ0v) is 15.1. The quantitative estimate of drug-likeness (QED) is 0.595. The maximum absolute atomic E-state index is 12.5. The summed E-state index contributed by atoms with van der Waals surface area (Å²) >= 11 is 6.66. The molecule has 0 radical (unpaired) electrons. The molecule has 2 aromatic rings. The molecular formula is C18H17NO3S2. The average molecular weight is 359 g/mol. The number of carbonyl (C=O) groups excluding carboxylic acids is 1. The van der Waals surface area contributed by atoms with Crippen molar-refractivity contribution in [1.82, 2.24) is 4.90 Å². The third-order valence-corrected chi connectivity index (χ3v) is 5.07. The molecule has 1 aromatic heterocycles. The minimum absolute atomic E-state index is 0.0624. The molecule has 124 valence electrons. The summed E-state index contributed by atoms with van der Waals surface area (Å²) in [6.07, 6.45) is 2.49. The van der Waals surface area contributed by atoms with Crippen molar-refractivity contribution in [3.8, 4) is 5.75 Å². The van der Waals surface area contributed by atoms with Gasteiger partial charge in [0.2, 0.25) is 0 Å². The zero-order valence-electron chi connectivity index (χ0n) is 13.4. The van der Waals surface area contributed by atoms with Gasteiger partial charge in [0.25, 0.3) is 5.91 Å². The molecule has 1 aliphatic rings. The lowest BCUT2D eigenvalue weighted by Gasteiger charge is -2.14. The average Bonchev–Trinajstić information content (AvgIpc) is 3.10. The first kappa shape index (κ1) is 16.8. The summed E-state index contributed by atoms with van der Waals surface area (Å²) < 4.78 is 11.2. The number of ether oxygens (including phenoxy) is 1. The summed E-state index contributed by atoms with van der Waals surface area (Å²) in [5.74, 6) is 2.24. The van der Waals surface area contributed by atoms with Crippen LogP contribution in [0.15, 0.2) is 45.7 Å². The van der Waals surface area contributed by atoms with Crippen molar-refractivity contribution >= 4 is 40.3 Å². The van der Waals surface area contributed by atoms with Crippen LogP contribution in [-0.4, -0.2) is 28.8 Å². The van der Waals surface area contributed by atoms with Gasteiger partial charge in [0.15, 0.2) is 0 Å². The molecule has 1 saturated heterocycles. The van der Waals surface area contributed by atoms with Crippen LogP contribution < -0.4 is 4.74 Å². The smallest absolute Gasteiger partial charge is 0.266 e. The van der Waals surface area contributed by atoms with Gasteiger partial charge in [-0.1, -0.05) is 36.1 Å². The van der Waals surface area contributed by atoms with E-state index in [1.54, 1.807) is 18.1 Å². The first-order valence-corrected chi connectivity index (χ1v) is 8.74. The summed E-state index contributed by atoms with van der Waals surface area (Å²) in [7, 11) is 1.64. The van der Waals surface area contributed by atoms with Crippen molar-refractivity contribution in [2.24, 2.45) is 0 Å². The van der Waals surface area contributed by atoms with E-state index in [0.29, 0.717) is 21.5 Å². The summed E-state index contributed by atoms with van der Waals surface area (Å²) in [5, 5.41) is 0. The Bertz CT molecular complexity index is 793. The van der Waals surface area contributed by atoms with Crippen LogP contribution in [0.4, 0.5) is 0 Å². The van der Waals surface area contributed by atoms with Gasteiger partial charge in [0.1, 0.15) is 21.6 Å². The molecular weight excluding hydrogens is 342 g/mol. The SMILES string of the molecule is COc1ccc(CCN2C(=O)C(=Cc3ccc(C)o3)SC2=S)cc1. The number of thiocarbonyl (C=S) groups is 1. The predicted octanol–water partition coefficient (Wildman–Crippen LogP) is 4.04. The highest BCUT2D eigenvalue weighted by atomic mass is 32.2. The first-order valence-electron chi connectivity index (χ1n) is 7.51. The van der Waals surface area contributed by atoms with Crippen molar-refractivity contribution in [1.29, 1.82) is 0 Å². The second-order valence-electron chi connectivity index (χ2n) is 5.38. The van der Waals surface area contributed by atoms with Crippen LogP contribution in [0.3, 0.4) is 0 Å². The molecule has 0 N–H and O–H groups in total. The molecule has 24 heavy (non-hydrogen) atoms. The van der Waals surface area contributed by atoms with E-state index in [-0.39, 0.29) is 5.91 Å². The summed E-state index contributed by atoms with van der Waals surface area (Å²) in [5.41, 5.74) is 1.13. The number of furan rings is 1. The van der Waals surface area contributed by atoms with Gasteiger partial charge in [0.05, 0.1) is 12.0 Å². The molecule has 1 fully saturated rings. The Morgan fingerprint density at radius 2 is 2.00 bits per heavy atom. The highest BCUT2D eigenvalue weighted by molar-refractivity contribution is 8.26. The molecule has 0 atom stereocenters. The van der Waals surface area contributed by atoms with Gasteiger partial charge < -0.3 is 9.15 Å². The normalized spacial score (nSPS) is 16.2. The van der Waals surface area contributed by atoms with Crippen LogP contribution in [0.5, 0.6) is 5.75 Å². The lowest BCUT2D eigenvalue weighted by molar-refractivity contribution is -0.122. The number of methoxy groups -OCH3 is 1. The van der Waals surface area contributed by atoms with E-state index < -0.39 is 0 Å². The van der Waals surface area contributed by atoms with Crippen molar-refractivity contribution in [2.75, 3.05) is 13.7 Å². The van der Waals surface area contributed by atoms with Crippen LogP contribution in [-0.2, 0) is 11.2 Å². The fraction of sp³-hybridized carbons (Fsp3) is 0.222. The Balaban J connectivity index is 1.66. The van der Waals surface area contributed by atoms with Gasteiger partial charge in [-0.15, -0.1) is 0 Å². The molecule has 2 heterocycles. The molecule has 0 saturated carbocycles. The van der Waals surface area contributed by atoms with E-state index in [1.165, 1.54) is 11.8 Å². The Labute approximate surface area is 150 Å². The van der Waals surface area contributed by atoms with Gasteiger partial charge in [-0.05, 0) is 43.2 Å². The largest absolute Gasteiger partial charge is 0.497 e. The first-order chi connectivity index (χ1) is 11.6. The Morgan fingerprint density at radius 1 is 1.25 bits per heavy atom. The van der Waals surface area contributed by atoms with Crippen molar-refractivity contribution in [3.63, 3.8) is 0 Å². The predicted molar refractivity (Wildman–Crippen MR) is 100 cm³/mol. The number of nitrogens with zero attached hydrogens (tertiary/aromatic N) is 1. The van der Waals surface area contributed by atoms with E-state index in [0.717, 1.165) is 23.5 Å². The fourth-order valence-electron chi connectivity index (χ4n) is 2.39. The Kier molecular flexibility index (Phi) is 5.06. The van der Waals surface area contributed by atoms with Gasteiger partial charge in [-0.25, -0.2) is 0 Å². The monoisotopic (exact) mass is 359 g/mol. The maximum atomic E-state index is 12.5. The lowest BCUT2D eigenvalue weighted by atomic mass is 10.1. The van der Waals surface area contributed by atoms with E-state index in [9.17, 15) is 4.79 Å². The Hall–Kier alpha value is -2.05. The topological polar surface area (TPSA) is 42.7 Å². The number of hydrogen-bond donors (Lipinski definition) is 0. The summed E-state index contributed by atoms with van der Waals surface area (Å²) in [4.78, 5) is 14.8. The number of benzene rings is 1. The fourth-order valence-corrected chi connectivity index (χ4v) is 3.67. The zero-order chi connectivity index (χ0) is 17.1. The third-order valence-electron chi connectivity index (χ3n) is 3.69. The minimum Gasteiger partial charge on any atom is -0.497 e. The van der Waals surface area contributed by atoms with Gasteiger partial charge in [-0.2, -0.15) is 0 Å². The van der Waals surface area contributed by atoms with Crippen molar-refractivity contribution in [2.45, 2.75) is 13.3 Å². The van der Waals surface area contributed by atoms with Crippen molar-refractivity contribution < 1.29 is 13.9 Å². The molecule has 1 aromatic carbocycles. The molecule has 0 unspecified atom stereocenters. The number of thioether (sulfide) groups is 1. The van der Waals surface area contributed by atoms with Gasteiger partial charge in [0, 0.05) is 12.6 Å². The maximum Gasteiger partial charge on any atom is 0.266 e. The van der Waals surface area contributed by atoms with Crippen LogP contribution in [0, 0.1) is 6.92 Å². The molecule has 0 spiro atoms. The second-order valence-corrected chi connectivity index (χ2v) is 7.06. The summed E-state index contributed by atoms with van der Waals surface area (Å²) in [6, 6.07) is 11.5. The van der Waals surface area contributed by atoms with E-state index in [4.69, 9.17) is 21.4 Å². The van der Waals surface area contributed by atoms with E-state index >= 15 is 0 Å². The van der Waals surface area contributed by atoms with Crippen LogP contribution in [0.1, 0.15) is 17.1 Å². The highest BCUT2D eigenvalue weighted by Gasteiger charge is 2.31. The van der Waals surface area contributed by atoms with Crippen LogP contribution in [0.2, 0.25) is 0 Å². The second kappa shape index (κ2) is 7.23. The number of amides is 1. The molecule has 1 aliphatic heterocycles. The molecule has 0 aliphatic carbocycles. The van der Waals surface area contributed by atoms with Crippen LogP contribution >= 0.6 is 24.0 Å². The van der Waals surface area contributed by atoms with E-state index in [2.05, 4.69) is 0 Å².